The zero-order chi connectivity index (χ0) is 19.4. The number of fused-ring (bicyclic) bond motifs is 1. The van der Waals surface area contributed by atoms with Gasteiger partial charge in [0.05, 0.1) is 34.6 Å². The van der Waals surface area contributed by atoms with Crippen molar-refractivity contribution in [1.82, 2.24) is 9.97 Å². The van der Waals surface area contributed by atoms with E-state index in [1.807, 2.05) is 24.3 Å². The lowest BCUT2D eigenvalue weighted by Gasteiger charge is -2.14. The highest BCUT2D eigenvalue weighted by molar-refractivity contribution is 8.00. The van der Waals surface area contributed by atoms with Crippen LogP contribution < -0.4 is 10.1 Å². The maximum Gasteiger partial charge on any atom is 0.273 e. The van der Waals surface area contributed by atoms with Gasteiger partial charge in [-0.1, -0.05) is 30.0 Å². The van der Waals surface area contributed by atoms with Crippen LogP contribution in [0.5, 0.6) is 5.75 Å². The van der Waals surface area contributed by atoms with Gasteiger partial charge in [-0.15, -0.1) is 0 Å². The molecule has 0 saturated carbocycles. The Morgan fingerprint density at radius 3 is 2.78 bits per heavy atom. The van der Waals surface area contributed by atoms with E-state index in [1.165, 1.54) is 43.4 Å². The molecule has 1 N–H and O–H groups in total. The van der Waals surface area contributed by atoms with Crippen LogP contribution in [-0.4, -0.2) is 33.2 Å². The largest absolute Gasteiger partial charge is 0.494 e. The van der Waals surface area contributed by atoms with E-state index < -0.39 is 10.2 Å². The summed E-state index contributed by atoms with van der Waals surface area (Å²) in [4.78, 5) is 31.4. The molecular weight excluding hydrogens is 368 g/mol. The summed E-state index contributed by atoms with van der Waals surface area (Å²) in [5, 5.41) is 14.7. The van der Waals surface area contributed by atoms with Crippen LogP contribution in [0.2, 0.25) is 0 Å². The monoisotopic (exact) mass is 384 g/mol. The number of methoxy groups -OCH3 is 1. The Morgan fingerprint density at radius 1 is 1.26 bits per heavy atom. The van der Waals surface area contributed by atoms with E-state index in [1.54, 1.807) is 6.92 Å². The van der Waals surface area contributed by atoms with Gasteiger partial charge in [0.25, 0.3) is 5.69 Å². The van der Waals surface area contributed by atoms with Crippen molar-refractivity contribution in [2.24, 2.45) is 0 Å². The Balaban J connectivity index is 1.77. The van der Waals surface area contributed by atoms with Gasteiger partial charge in [-0.3, -0.25) is 14.9 Å². The lowest BCUT2D eigenvalue weighted by Crippen LogP contribution is -2.22. The molecule has 0 bridgehead atoms. The minimum Gasteiger partial charge on any atom is -0.494 e. The maximum atomic E-state index is 12.6. The van der Waals surface area contributed by atoms with Gasteiger partial charge in [-0.25, -0.2) is 9.97 Å². The third kappa shape index (κ3) is 4.14. The molecule has 3 aromatic rings. The van der Waals surface area contributed by atoms with Crippen molar-refractivity contribution in [1.29, 1.82) is 0 Å². The van der Waals surface area contributed by atoms with Gasteiger partial charge in [-0.05, 0) is 19.1 Å². The van der Waals surface area contributed by atoms with Crippen LogP contribution in [0.1, 0.15) is 6.92 Å². The van der Waals surface area contributed by atoms with E-state index in [2.05, 4.69) is 15.3 Å². The number of nitrogens with zero attached hydrogens (tertiary/aromatic N) is 3. The molecule has 0 saturated heterocycles. The summed E-state index contributed by atoms with van der Waals surface area (Å²) in [6.07, 6.45) is 1.47. The molecule has 0 radical (unpaired) electrons. The third-order valence-corrected chi connectivity index (χ3v) is 4.93. The SMILES string of the molecule is COc1cc([N+](=O)[O-])ccc1NC(=O)[C@@H](C)Sc1ncnc2ccccc12. The van der Waals surface area contributed by atoms with Crippen molar-refractivity contribution in [2.45, 2.75) is 17.2 Å². The minimum absolute atomic E-state index is 0.111. The van der Waals surface area contributed by atoms with Crippen LogP contribution in [0.15, 0.2) is 53.8 Å². The summed E-state index contributed by atoms with van der Waals surface area (Å²) < 4.78 is 5.15. The van der Waals surface area contributed by atoms with Gasteiger partial charge >= 0.3 is 0 Å². The lowest BCUT2D eigenvalue weighted by molar-refractivity contribution is -0.384. The summed E-state index contributed by atoms with van der Waals surface area (Å²) in [7, 11) is 1.39. The summed E-state index contributed by atoms with van der Waals surface area (Å²) >= 11 is 1.31. The second-order valence-corrected chi connectivity index (χ2v) is 6.92. The average Bonchev–Trinajstić information content (AvgIpc) is 2.68. The number of aromatic nitrogens is 2. The number of rotatable bonds is 6. The molecule has 138 valence electrons. The fourth-order valence-corrected chi connectivity index (χ4v) is 3.33. The number of nitro benzene ring substituents is 1. The molecule has 1 aromatic heterocycles. The number of benzene rings is 2. The first-order chi connectivity index (χ1) is 13.0. The standard InChI is InChI=1S/C18H16N4O4S/c1-11(27-18-13-5-3-4-6-14(13)19-10-20-18)17(23)21-15-8-7-12(22(24)25)9-16(15)26-2/h3-11H,1-2H3,(H,21,23)/t11-/m1/s1. The van der Waals surface area contributed by atoms with Crippen molar-refractivity contribution >= 4 is 39.9 Å². The highest BCUT2D eigenvalue weighted by Crippen LogP contribution is 2.31. The van der Waals surface area contributed by atoms with E-state index >= 15 is 0 Å². The number of hydrogen-bond donors (Lipinski definition) is 1. The van der Waals surface area contributed by atoms with Crippen molar-refractivity contribution in [2.75, 3.05) is 12.4 Å². The van der Waals surface area contributed by atoms with Gasteiger partial charge < -0.3 is 10.1 Å². The quantitative estimate of drug-likeness (QED) is 0.299. The first kappa shape index (κ1) is 18.6. The Bertz CT molecular complexity index is 1010. The van der Waals surface area contributed by atoms with E-state index in [9.17, 15) is 14.9 Å². The predicted octanol–water partition coefficient (Wildman–Crippen LogP) is 3.67. The third-order valence-electron chi connectivity index (χ3n) is 3.82. The Hall–Kier alpha value is -3.20. The summed E-state index contributed by atoms with van der Waals surface area (Å²) in [5.41, 5.74) is 1.06. The van der Waals surface area contributed by atoms with Crippen LogP contribution in [0.25, 0.3) is 10.9 Å². The molecule has 1 amide bonds. The van der Waals surface area contributed by atoms with Crippen LogP contribution >= 0.6 is 11.8 Å². The topological polar surface area (TPSA) is 107 Å². The summed E-state index contributed by atoms with van der Waals surface area (Å²) in [5.74, 6) is -0.0444. The number of carbonyl (C=O) groups is 1. The molecule has 1 heterocycles. The molecule has 2 aromatic carbocycles. The van der Waals surface area contributed by atoms with E-state index in [0.29, 0.717) is 10.7 Å². The van der Waals surface area contributed by atoms with E-state index in [4.69, 9.17) is 4.74 Å². The molecule has 27 heavy (non-hydrogen) atoms. The normalized spacial score (nSPS) is 11.8. The number of para-hydroxylation sites is 1. The van der Waals surface area contributed by atoms with Gasteiger partial charge in [0.1, 0.15) is 17.1 Å². The Morgan fingerprint density at radius 2 is 2.04 bits per heavy atom. The zero-order valence-corrected chi connectivity index (χ0v) is 15.4. The number of non-ortho nitro benzene ring substituents is 1. The fourth-order valence-electron chi connectivity index (χ4n) is 2.43. The number of nitrogens with one attached hydrogen (secondary N) is 1. The molecule has 0 aliphatic rings. The first-order valence-electron chi connectivity index (χ1n) is 7.99. The van der Waals surface area contributed by atoms with Gasteiger partial charge in [-0.2, -0.15) is 0 Å². The maximum absolute atomic E-state index is 12.6. The number of amides is 1. The van der Waals surface area contributed by atoms with Gasteiger partial charge in [0.2, 0.25) is 5.91 Å². The number of thioether (sulfide) groups is 1. The van der Waals surface area contributed by atoms with Crippen LogP contribution in [0, 0.1) is 10.1 Å². The number of nitro groups is 1. The highest BCUT2D eigenvalue weighted by atomic mass is 32.2. The number of carbonyl (C=O) groups excluding carboxylic acids is 1. The van der Waals surface area contributed by atoms with Crippen LogP contribution in [0.4, 0.5) is 11.4 Å². The van der Waals surface area contributed by atoms with Crippen molar-refractivity contribution in [3.63, 3.8) is 0 Å². The van der Waals surface area contributed by atoms with E-state index in [-0.39, 0.29) is 17.3 Å². The molecule has 0 fully saturated rings. The molecular formula is C18H16N4O4S. The summed E-state index contributed by atoms with van der Waals surface area (Å²) in [6.45, 7) is 1.76. The first-order valence-corrected chi connectivity index (χ1v) is 8.87. The molecule has 9 heteroatoms. The predicted molar refractivity (Wildman–Crippen MR) is 103 cm³/mol. The zero-order valence-electron chi connectivity index (χ0n) is 14.6. The molecule has 0 aliphatic carbocycles. The smallest absolute Gasteiger partial charge is 0.273 e. The van der Waals surface area contributed by atoms with Gasteiger partial charge in [0, 0.05) is 11.5 Å². The Kier molecular flexibility index (Phi) is 5.51. The number of anilines is 1. The molecule has 1 atom stereocenters. The highest BCUT2D eigenvalue weighted by Gasteiger charge is 2.19. The van der Waals surface area contributed by atoms with Crippen molar-refractivity contribution < 1.29 is 14.5 Å². The van der Waals surface area contributed by atoms with Crippen LogP contribution in [0.3, 0.4) is 0 Å². The Labute approximate surface area is 159 Å². The second kappa shape index (κ2) is 8.00. The lowest BCUT2D eigenvalue weighted by atomic mass is 10.2. The molecule has 8 nitrogen and oxygen atoms in total. The van der Waals surface area contributed by atoms with Gasteiger partial charge in [0.15, 0.2) is 0 Å². The average molecular weight is 384 g/mol. The van der Waals surface area contributed by atoms with E-state index in [0.717, 1.165) is 10.9 Å². The summed E-state index contributed by atoms with van der Waals surface area (Å²) in [6, 6.07) is 11.6. The number of ether oxygens (including phenoxy) is 1. The molecule has 0 spiro atoms. The molecule has 0 unspecified atom stereocenters. The second-order valence-electron chi connectivity index (χ2n) is 5.59. The number of hydrogen-bond acceptors (Lipinski definition) is 7. The minimum atomic E-state index is -0.521. The van der Waals surface area contributed by atoms with Crippen molar-refractivity contribution in [3.05, 3.63) is 58.9 Å². The van der Waals surface area contributed by atoms with Crippen molar-refractivity contribution in [3.8, 4) is 5.75 Å². The molecule has 3 rings (SSSR count). The van der Waals surface area contributed by atoms with Crippen LogP contribution in [-0.2, 0) is 4.79 Å². The fraction of sp³-hybridized carbons (Fsp3) is 0.167. The molecule has 0 aliphatic heterocycles.